The van der Waals surface area contributed by atoms with Crippen LogP contribution in [0.2, 0.25) is 0 Å². The molecule has 0 aliphatic heterocycles. The molecule has 3 heteroatoms. The van der Waals surface area contributed by atoms with E-state index in [0.29, 0.717) is 6.42 Å². The largest absolute Gasteiger partial charge is 0.325 e. The molecular weight excluding hydrogens is 278 g/mol. The molecule has 0 aliphatic rings. The highest BCUT2D eigenvalue weighted by Gasteiger charge is 2.08. The van der Waals surface area contributed by atoms with Gasteiger partial charge in [-0.05, 0) is 48.4 Å². The summed E-state index contributed by atoms with van der Waals surface area (Å²) in [5.41, 5.74) is 4.43. The third-order valence-corrected chi connectivity index (χ3v) is 4.35. The molecule has 0 spiro atoms. The maximum absolute atomic E-state index is 12.2. The van der Waals surface area contributed by atoms with Crippen molar-refractivity contribution in [3.8, 4) is 0 Å². The van der Waals surface area contributed by atoms with Crippen LogP contribution in [0, 0.1) is 13.8 Å². The highest BCUT2D eigenvalue weighted by molar-refractivity contribution is 7.99. The van der Waals surface area contributed by atoms with Crippen LogP contribution in [-0.2, 0) is 11.2 Å². The van der Waals surface area contributed by atoms with Gasteiger partial charge in [0.05, 0.1) is 12.1 Å². The number of amides is 1. The van der Waals surface area contributed by atoms with Crippen LogP contribution >= 0.6 is 11.8 Å². The number of benzene rings is 2. The highest BCUT2D eigenvalue weighted by Crippen LogP contribution is 2.26. The van der Waals surface area contributed by atoms with Gasteiger partial charge in [-0.2, -0.15) is 0 Å². The van der Waals surface area contributed by atoms with Crippen molar-refractivity contribution in [3.63, 3.8) is 0 Å². The Morgan fingerprint density at radius 3 is 2.57 bits per heavy atom. The predicted octanol–water partition coefficient (Wildman–Crippen LogP) is 4.60. The van der Waals surface area contributed by atoms with Crippen molar-refractivity contribution in [1.82, 2.24) is 0 Å². The maximum Gasteiger partial charge on any atom is 0.228 e. The topological polar surface area (TPSA) is 29.1 Å². The van der Waals surface area contributed by atoms with Crippen LogP contribution in [0.5, 0.6) is 0 Å². The molecule has 21 heavy (non-hydrogen) atoms. The molecule has 1 N–H and O–H groups in total. The molecule has 0 bridgehead atoms. The summed E-state index contributed by atoms with van der Waals surface area (Å²) < 4.78 is 0. The molecule has 0 aromatic heterocycles. The molecule has 0 aliphatic carbocycles. The number of hydrogen-bond acceptors (Lipinski definition) is 2. The van der Waals surface area contributed by atoms with Gasteiger partial charge < -0.3 is 5.32 Å². The quantitative estimate of drug-likeness (QED) is 0.818. The van der Waals surface area contributed by atoms with E-state index in [9.17, 15) is 4.79 Å². The van der Waals surface area contributed by atoms with E-state index in [2.05, 4.69) is 38.2 Å². The zero-order valence-corrected chi connectivity index (χ0v) is 13.6. The fourth-order valence-electron chi connectivity index (χ4n) is 2.14. The summed E-state index contributed by atoms with van der Waals surface area (Å²) in [6.07, 6.45) is 0.409. The van der Waals surface area contributed by atoms with E-state index in [1.165, 1.54) is 11.1 Å². The second kappa shape index (κ2) is 7.32. The average Bonchev–Trinajstić information content (AvgIpc) is 2.45. The lowest BCUT2D eigenvalue weighted by atomic mass is 10.0. The minimum Gasteiger partial charge on any atom is -0.325 e. The van der Waals surface area contributed by atoms with Gasteiger partial charge in [-0.3, -0.25) is 4.79 Å². The molecule has 0 heterocycles. The number of hydrogen-bond donors (Lipinski definition) is 1. The number of carbonyl (C=O) groups is 1. The van der Waals surface area contributed by atoms with Crippen molar-refractivity contribution in [2.75, 3.05) is 11.1 Å². The lowest BCUT2D eigenvalue weighted by molar-refractivity contribution is -0.115. The molecule has 2 aromatic carbocycles. The molecule has 0 fully saturated rings. The Morgan fingerprint density at radius 2 is 1.86 bits per heavy atom. The second-order valence-corrected chi connectivity index (χ2v) is 6.38. The van der Waals surface area contributed by atoms with Crippen LogP contribution in [0.25, 0.3) is 0 Å². The molecule has 0 saturated carbocycles. The molecule has 0 saturated heterocycles. The Kier molecular flexibility index (Phi) is 5.45. The summed E-state index contributed by atoms with van der Waals surface area (Å²) in [5, 5.41) is 3.02. The Hall–Kier alpha value is -1.74. The Morgan fingerprint density at radius 1 is 1.10 bits per heavy atom. The average molecular weight is 299 g/mol. The van der Waals surface area contributed by atoms with Crippen molar-refractivity contribution in [1.29, 1.82) is 0 Å². The van der Waals surface area contributed by atoms with E-state index in [4.69, 9.17) is 0 Å². The monoisotopic (exact) mass is 299 g/mol. The van der Waals surface area contributed by atoms with Crippen LogP contribution in [0.15, 0.2) is 47.4 Å². The van der Waals surface area contributed by atoms with Gasteiger partial charge in [-0.25, -0.2) is 0 Å². The van der Waals surface area contributed by atoms with E-state index in [0.717, 1.165) is 21.9 Å². The van der Waals surface area contributed by atoms with Crippen molar-refractivity contribution in [2.24, 2.45) is 0 Å². The van der Waals surface area contributed by atoms with Gasteiger partial charge in [0, 0.05) is 4.90 Å². The Bertz CT molecular complexity index is 637. The number of anilines is 1. The lowest BCUT2D eigenvalue weighted by Gasteiger charge is -2.10. The SMILES string of the molecule is CCSc1ccccc1NC(=O)Cc1ccc(C)c(C)c1. The molecule has 0 atom stereocenters. The van der Waals surface area contributed by atoms with Crippen LogP contribution in [0.4, 0.5) is 5.69 Å². The third-order valence-electron chi connectivity index (χ3n) is 3.40. The van der Waals surface area contributed by atoms with E-state index in [1.807, 2.05) is 30.3 Å². The minimum atomic E-state index is 0.0300. The van der Waals surface area contributed by atoms with Gasteiger partial charge in [0.15, 0.2) is 0 Å². The summed E-state index contributed by atoms with van der Waals surface area (Å²) in [7, 11) is 0. The zero-order chi connectivity index (χ0) is 15.2. The molecular formula is C18H21NOS. The Balaban J connectivity index is 2.06. The van der Waals surface area contributed by atoms with E-state index in [1.54, 1.807) is 11.8 Å². The van der Waals surface area contributed by atoms with Gasteiger partial charge in [0.25, 0.3) is 0 Å². The standard InChI is InChI=1S/C18H21NOS/c1-4-21-17-8-6-5-7-16(17)19-18(20)12-15-10-9-13(2)14(3)11-15/h5-11H,4,12H2,1-3H3,(H,19,20). The number of nitrogens with one attached hydrogen (secondary N) is 1. The summed E-state index contributed by atoms with van der Waals surface area (Å²) in [5.74, 6) is 1.02. The summed E-state index contributed by atoms with van der Waals surface area (Å²) in [4.78, 5) is 13.3. The van der Waals surface area contributed by atoms with Crippen LogP contribution in [0.1, 0.15) is 23.6 Å². The number of carbonyl (C=O) groups excluding carboxylic acids is 1. The number of rotatable bonds is 5. The minimum absolute atomic E-state index is 0.0300. The Labute approximate surface area is 131 Å². The lowest BCUT2D eigenvalue weighted by Crippen LogP contribution is -2.15. The first-order valence-electron chi connectivity index (χ1n) is 7.18. The first-order valence-corrected chi connectivity index (χ1v) is 8.16. The number of para-hydroxylation sites is 1. The fraction of sp³-hybridized carbons (Fsp3) is 0.278. The van der Waals surface area contributed by atoms with Crippen molar-refractivity contribution < 1.29 is 4.79 Å². The normalized spacial score (nSPS) is 10.4. The van der Waals surface area contributed by atoms with Crippen molar-refractivity contribution >= 4 is 23.4 Å². The molecule has 110 valence electrons. The highest BCUT2D eigenvalue weighted by atomic mass is 32.2. The van der Waals surface area contributed by atoms with Crippen molar-refractivity contribution in [3.05, 3.63) is 59.2 Å². The first kappa shape index (κ1) is 15.6. The van der Waals surface area contributed by atoms with Gasteiger partial charge in [-0.15, -0.1) is 11.8 Å². The van der Waals surface area contributed by atoms with Gasteiger partial charge in [0.1, 0.15) is 0 Å². The molecule has 0 radical (unpaired) electrons. The molecule has 2 aromatic rings. The molecule has 1 amide bonds. The number of thioether (sulfide) groups is 1. The van der Waals surface area contributed by atoms with E-state index >= 15 is 0 Å². The predicted molar refractivity (Wildman–Crippen MR) is 91.1 cm³/mol. The molecule has 2 nitrogen and oxygen atoms in total. The van der Waals surface area contributed by atoms with Gasteiger partial charge >= 0.3 is 0 Å². The molecule has 2 rings (SSSR count). The first-order chi connectivity index (χ1) is 10.1. The molecule has 0 unspecified atom stereocenters. The fourth-order valence-corrected chi connectivity index (χ4v) is 2.90. The zero-order valence-electron chi connectivity index (χ0n) is 12.8. The van der Waals surface area contributed by atoms with Crippen LogP contribution in [0.3, 0.4) is 0 Å². The maximum atomic E-state index is 12.2. The third kappa shape index (κ3) is 4.36. The van der Waals surface area contributed by atoms with Gasteiger partial charge in [-0.1, -0.05) is 37.3 Å². The van der Waals surface area contributed by atoms with Crippen LogP contribution in [-0.4, -0.2) is 11.7 Å². The summed E-state index contributed by atoms with van der Waals surface area (Å²) >= 11 is 1.74. The second-order valence-electron chi connectivity index (χ2n) is 5.07. The summed E-state index contributed by atoms with van der Waals surface area (Å²) in [6, 6.07) is 14.1. The smallest absolute Gasteiger partial charge is 0.228 e. The van der Waals surface area contributed by atoms with E-state index < -0.39 is 0 Å². The number of aryl methyl sites for hydroxylation is 2. The van der Waals surface area contributed by atoms with Gasteiger partial charge in [0.2, 0.25) is 5.91 Å². The van der Waals surface area contributed by atoms with Crippen LogP contribution < -0.4 is 5.32 Å². The van der Waals surface area contributed by atoms with E-state index in [-0.39, 0.29) is 5.91 Å². The van der Waals surface area contributed by atoms with Crippen molar-refractivity contribution in [2.45, 2.75) is 32.1 Å². The summed E-state index contributed by atoms with van der Waals surface area (Å²) in [6.45, 7) is 6.26.